The summed E-state index contributed by atoms with van der Waals surface area (Å²) < 4.78 is 44.7. The maximum absolute atomic E-state index is 12.7. The summed E-state index contributed by atoms with van der Waals surface area (Å²) >= 11 is 1.44. The van der Waals surface area contributed by atoms with Gasteiger partial charge in [0.25, 0.3) is 0 Å². The number of amides is 2. The van der Waals surface area contributed by atoms with E-state index in [-0.39, 0.29) is 11.8 Å². The Morgan fingerprint density at radius 3 is 2.47 bits per heavy atom. The second-order valence-corrected chi connectivity index (χ2v) is 11.7. The Morgan fingerprint density at radius 1 is 1.04 bits per heavy atom. The number of alkyl halides is 3. The lowest BCUT2D eigenvalue weighted by molar-refractivity contribution is -0.274. The number of hydrogen-bond donors (Lipinski definition) is 1. The van der Waals surface area contributed by atoms with Crippen LogP contribution in [0.4, 0.5) is 18.0 Å². The molecule has 5 rings (SSSR count). The van der Waals surface area contributed by atoms with Crippen molar-refractivity contribution in [3.8, 4) is 28.5 Å². The van der Waals surface area contributed by atoms with E-state index in [1.807, 2.05) is 42.6 Å². The third-order valence-corrected chi connectivity index (χ3v) is 8.10. The number of ether oxygens (including phenoxy) is 1. The molecular formula is C33H33F3N6O2S. The monoisotopic (exact) mass is 634 g/mol. The van der Waals surface area contributed by atoms with E-state index in [0.717, 1.165) is 35.3 Å². The Morgan fingerprint density at radius 2 is 1.78 bits per heavy atom. The van der Waals surface area contributed by atoms with Gasteiger partial charge in [-0.3, -0.25) is 4.57 Å². The highest BCUT2D eigenvalue weighted by Gasteiger charge is 2.31. The number of halogens is 3. The zero-order chi connectivity index (χ0) is 32.1. The molecule has 5 aromatic rings. The van der Waals surface area contributed by atoms with Gasteiger partial charge >= 0.3 is 12.4 Å². The summed E-state index contributed by atoms with van der Waals surface area (Å²) in [5.74, 6) is 0.506. The van der Waals surface area contributed by atoms with Crippen molar-refractivity contribution in [2.45, 2.75) is 52.8 Å². The number of nitrogens with zero attached hydrogens (tertiary/aromatic N) is 5. The molecule has 0 radical (unpaired) electrons. The van der Waals surface area contributed by atoms with Crippen molar-refractivity contribution in [3.05, 3.63) is 106 Å². The molecule has 2 amide bonds. The summed E-state index contributed by atoms with van der Waals surface area (Å²) in [6.07, 6.45) is -1.75. The van der Waals surface area contributed by atoms with Gasteiger partial charge in [-0.1, -0.05) is 50.2 Å². The average Bonchev–Trinajstić information content (AvgIpc) is 3.62. The molecular weight excluding hydrogens is 601 g/mol. The van der Waals surface area contributed by atoms with Crippen LogP contribution in [0.5, 0.6) is 5.75 Å². The van der Waals surface area contributed by atoms with Crippen molar-refractivity contribution >= 4 is 17.4 Å². The van der Waals surface area contributed by atoms with Gasteiger partial charge in [0, 0.05) is 23.2 Å². The van der Waals surface area contributed by atoms with E-state index < -0.39 is 6.36 Å². The average molecular weight is 635 g/mol. The molecule has 0 saturated carbocycles. The van der Waals surface area contributed by atoms with Gasteiger partial charge in [-0.25, -0.2) is 14.5 Å². The minimum absolute atomic E-state index is 0.305. The van der Waals surface area contributed by atoms with E-state index >= 15 is 0 Å². The molecule has 0 bridgehead atoms. The van der Waals surface area contributed by atoms with E-state index in [4.69, 9.17) is 0 Å². The standard InChI is InChI=1S/C33H33F3N6O2S/c1-21(2)29-22(3)7-5-9-28(29)42-23(4)19-45-32(42)39-31(43)37-18-6-8-24-10-12-25(13-11-24)30-38-20-41(40-30)26-14-16-27(17-15-26)44-33(34,35)36/h5,7,9-17,19-21H,6,8,18H2,1-4H3,(H,37,43). The predicted octanol–water partition coefficient (Wildman–Crippen LogP) is 7.67. The lowest BCUT2D eigenvalue weighted by Gasteiger charge is -2.17. The number of nitrogens with one attached hydrogen (secondary N) is 1. The minimum atomic E-state index is -4.74. The molecule has 2 heterocycles. The number of aromatic nitrogens is 4. The number of thiazole rings is 1. The summed E-state index contributed by atoms with van der Waals surface area (Å²) in [5.41, 5.74) is 6.97. The molecule has 0 aliphatic carbocycles. The minimum Gasteiger partial charge on any atom is -0.406 e. The molecule has 0 spiro atoms. The van der Waals surface area contributed by atoms with Gasteiger partial charge in [0.1, 0.15) is 12.1 Å². The van der Waals surface area contributed by atoms with Crippen molar-refractivity contribution in [2.75, 3.05) is 6.54 Å². The molecule has 0 fully saturated rings. The van der Waals surface area contributed by atoms with Gasteiger partial charge < -0.3 is 10.1 Å². The fourth-order valence-electron chi connectivity index (χ4n) is 5.13. The van der Waals surface area contributed by atoms with Gasteiger partial charge in [0.2, 0.25) is 0 Å². The van der Waals surface area contributed by atoms with Crippen LogP contribution in [-0.4, -0.2) is 38.3 Å². The molecule has 45 heavy (non-hydrogen) atoms. The van der Waals surface area contributed by atoms with Crippen LogP contribution in [-0.2, 0) is 6.42 Å². The van der Waals surface area contributed by atoms with Gasteiger partial charge in [0.05, 0.1) is 11.4 Å². The molecule has 0 saturated heterocycles. The van der Waals surface area contributed by atoms with E-state index in [1.165, 1.54) is 57.7 Å². The Kier molecular flexibility index (Phi) is 9.52. The Bertz CT molecular complexity index is 1840. The smallest absolute Gasteiger partial charge is 0.406 e. The predicted molar refractivity (Wildman–Crippen MR) is 168 cm³/mol. The first kappa shape index (κ1) is 31.7. The van der Waals surface area contributed by atoms with Crippen molar-refractivity contribution in [1.82, 2.24) is 24.6 Å². The molecule has 0 aliphatic heterocycles. The van der Waals surface area contributed by atoms with Crippen LogP contribution in [0.2, 0.25) is 0 Å². The normalized spacial score (nSPS) is 12.1. The van der Waals surface area contributed by atoms with Crippen molar-refractivity contribution in [2.24, 2.45) is 4.99 Å². The summed E-state index contributed by atoms with van der Waals surface area (Å²) in [7, 11) is 0. The first-order chi connectivity index (χ1) is 21.5. The number of urea groups is 1. The van der Waals surface area contributed by atoms with Crippen LogP contribution in [0.25, 0.3) is 22.8 Å². The van der Waals surface area contributed by atoms with Crippen LogP contribution in [0.1, 0.15) is 48.6 Å². The van der Waals surface area contributed by atoms with Crippen LogP contribution in [0.15, 0.2) is 83.4 Å². The summed E-state index contributed by atoms with van der Waals surface area (Å²) in [6.45, 7) is 8.94. The first-order valence-corrected chi connectivity index (χ1v) is 15.3. The number of carbonyl (C=O) groups is 1. The number of carbonyl (C=O) groups excluding carboxylic acids is 1. The van der Waals surface area contributed by atoms with Crippen molar-refractivity contribution in [3.63, 3.8) is 0 Å². The maximum Gasteiger partial charge on any atom is 0.573 e. The van der Waals surface area contributed by atoms with Gasteiger partial charge in [-0.05, 0) is 79.6 Å². The molecule has 234 valence electrons. The highest BCUT2D eigenvalue weighted by molar-refractivity contribution is 7.07. The van der Waals surface area contributed by atoms with Gasteiger partial charge in [-0.15, -0.1) is 29.6 Å². The highest BCUT2D eigenvalue weighted by Crippen LogP contribution is 2.27. The zero-order valence-corrected chi connectivity index (χ0v) is 26.1. The molecule has 2 aromatic heterocycles. The van der Waals surface area contributed by atoms with E-state index in [0.29, 0.717) is 28.8 Å². The zero-order valence-electron chi connectivity index (χ0n) is 25.3. The Balaban J connectivity index is 1.16. The molecule has 1 N–H and O–H groups in total. The first-order valence-electron chi connectivity index (χ1n) is 14.5. The summed E-state index contributed by atoms with van der Waals surface area (Å²) in [4.78, 5) is 22.1. The molecule has 3 aromatic carbocycles. The largest absolute Gasteiger partial charge is 0.573 e. The van der Waals surface area contributed by atoms with E-state index in [2.05, 4.69) is 62.6 Å². The van der Waals surface area contributed by atoms with E-state index in [9.17, 15) is 18.0 Å². The number of hydrogen-bond acceptors (Lipinski definition) is 5. The number of rotatable bonds is 9. The second-order valence-electron chi connectivity index (χ2n) is 10.9. The summed E-state index contributed by atoms with van der Waals surface area (Å²) in [6, 6.07) is 19.0. The third kappa shape index (κ3) is 7.88. The quantitative estimate of drug-likeness (QED) is 0.169. The lowest BCUT2D eigenvalue weighted by atomic mass is 9.96. The van der Waals surface area contributed by atoms with Crippen molar-refractivity contribution in [1.29, 1.82) is 0 Å². The molecule has 0 aliphatic rings. The maximum atomic E-state index is 12.7. The number of benzene rings is 3. The molecule has 12 heteroatoms. The van der Waals surface area contributed by atoms with Gasteiger partial charge in [0.15, 0.2) is 10.6 Å². The SMILES string of the molecule is Cc1cccc(-n2c(C)csc2=NC(=O)NCCCc2ccc(-c3ncn(-c4ccc(OC(F)(F)F)cc4)n3)cc2)c1C(C)C. The third-order valence-electron chi connectivity index (χ3n) is 7.15. The topological polar surface area (TPSA) is 86.3 Å². The number of aryl methyl sites for hydroxylation is 3. The lowest BCUT2D eigenvalue weighted by Crippen LogP contribution is -2.26. The van der Waals surface area contributed by atoms with Crippen molar-refractivity contribution < 1.29 is 22.7 Å². The van der Waals surface area contributed by atoms with Crippen LogP contribution < -0.4 is 14.9 Å². The van der Waals surface area contributed by atoms with Gasteiger partial charge in [-0.2, -0.15) is 4.99 Å². The van der Waals surface area contributed by atoms with E-state index in [1.54, 1.807) is 0 Å². The van der Waals surface area contributed by atoms with Crippen LogP contribution in [0, 0.1) is 13.8 Å². The fraction of sp³-hybridized carbons (Fsp3) is 0.273. The Labute approximate surface area is 262 Å². The highest BCUT2D eigenvalue weighted by atomic mass is 32.1. The Hall–Kier alpha value is -4.71. The van der Waals surface area contributed by atoms with Crippen LogP contribution in [0.3, 0.4) is 0 Å². The summed E-state index contributed by atoms with van der Waals surface area (Å²) in [5, 5.41) is 9.36. The second kappa shape index (κ2) is 13.5. The molecule has 8 nitrogen and oxygen atoms in total. The molecule has 0 atom stereocenters. The van der Waals surface area contributed by atoms with Crippen LogP contribution >= 0.6 is 11.3 Å². The fourth-order valence-corrected chi connectivity index (χ4v) is 5.99. The molecule has 0 unspecified atom stereocenters.